The standard InChI is InChI=1S/C6H9F3N2O3/c1-11(5(10)14)2-3(4(12)13)6(7,8)9/h3H,2H2,1H3,(H2,10,14)(H,12,13). The molecular formula is C6H9F3N2O3. The predicted molar refractivity (Wildman–Crippen MR) is 39.4 cm³/mol. The average Bonchev–Trinajstić information content (AvgIpc) is 1.96. The van der Waals surface area contributed by atoms with Crippen LogP contribution < -0.4 is 5.73 Å². The van der Waals surface area contributed by atoms with Gasteiger partial charge in [0.1, 0.15) is 0 Å². The molecule has 5 nitrogen and oxygen atoms in total. The van der Waals surface area contributed by atoms with Gasteiger partial charge in [-0.15, -0.1) is 0 Å². The molecule has 82 valence electrons. The van der Waals surface area contributed by atoms with Gasteiger partial charge in [0.15, 0.2) is 5.92 Å². The van der Waals surface area contributed by atoms with Crippen LogP contribution >= 0.6 is 0 Å². The molecule has 1 unspecified atom stereocenters. The van der Waals surface area contributed by atoms with Crippen LogP contribution in [0.4, 0.5) is 18.0 Å². The van der Waals surface area contributed by atoms with Crippen molar-refractivity contribution in [1.82, 2.24) is 4.90 Å². The Morgan fingerprint density at radius 1 is 1.50 bits per heavy atom. The van der Waals surface area contributed by atoms with Gasteiger partial charge in [-0.05, 0) is 0 Å². The maximum atomic E-state index is 12.0. The summed E-state index contributed by atoms with van der Waals surface area (Å²) in [5.74, 6) is -4.65. The van der Waals surface area contributed by atoms with Crippen molar-refractivity contribution in [2.75, 3.05) is 13.6 Å². The zero-order valence-corrected chi connectivity index (χ0v) is 7.21. The number of hydrogen-bond acceptors (Lipinski definition) is 2. The largest absolute Gasteiger partial charge is 0.481 e. The van der Waals surface area contributed by atoms with Crippen LogP contribution in [0.5, 0.6) is 0 Å². The Morgan fingerprint density at radius 3 is 2.14 bits per heavy atom. The molecule has 0 bridgehead atoms. The maximum absolute atomic E-state index is 12.0. The number of halogens is 3. The quantitative estimate of drug-likeness (QED) is 0.706. The fourth-order valence-electron chi connectivity index (χ4n) is 0.685. The molecule has 14 heavy (non-hydrogen) atoms. The van der Waals surface area contributed by atoms with E-state index in [1.54, 1.807) is 0 Å². The summed E-state index contributed by atoms with van der Waals surface area (Å²) in [5.41, 5.74) is 4.65. The van der Waals surface area contributed by atoms with Gasteiger partial charge >= 0.3 is 18.2 Å². The first-order valence-corrected chi connectivity index (χ1v) is 3.46. The van der Waals surface area contributed by atoms with Crippen molar-refractivity contribution in [2.24, 2.45) is 11.7 Å². The second-order valence-electron chi connectivity index (χ2n) is 2.65. The van der Waals surface area contributed by atoms with Crippen molar-refractivity contribution in [1.29, 1.82) is 0 Å². The van der Waals surface area contributed by atoms with Crippen LogP contribution in [0.15, 0.2) is 0 Å². The number of aliphatic carboxylic acids is 1. The second-order valence-corrected chi connectivity index (χ2v) is 2.65. The Morgan fingerprint density at radius 2 is 1.93 bits per heavy atom. The molecule has 0 heterocycles. The van der Waals surface area contributed by atoms with Crippen LogP contribution in [0.3, 0.4) is 0 Å². The number of carbonyl (C=O) groups is 2. The van der Waals surface area contributed by atoms with Gasteiger partial charge in [-0.2, -0.15) is 13.2 Å². The van der Waals surface area contributed by atoms with Crippen molar-refractivity contribution < 1.29 is 27.9 Å². The molecule has 0 aromatic heterocycles. The van der Waals surface area contributed by atoms with Crippen LogP contribution in [-0.2, 0) is 4.79 Å². The number of carbonyl (C=O) groups excluding carboxylic acids is 1. The van der Waals surface area contributed by atoms with E-state index in [0.717, 1.165) is 7.05 Å². The van der Waals surface area contributed by atoms with E-state index < -0.39 is 30.6 Å². The highest BCUT2D eigenvalue weighted by Crippen LogP contribution is 2.26. The van der Waals surface area contributed by atoms with Gasteiger partial charge in [-0.1, -0.05) is 0 Å². The number of alkyl halides is 3. The first-order chi connectivity index (χ1) is 6.16. The molecule has 0 aliphatic rings. The van der Waals surface area contributed by atoms with Crippen molar-refractivity contribution in [3.05, 3.63) is 0 Å². The molecule has 1 atom stereocenters. The number of primary amides is 1. The predicted octanol–water partition coefficient (Wildman–Crippen LogP) is 0.260. The molecule has 0 fully saturated rings. The normalized spacial score (nSPS) is 13.4. The summed E-state index contributed by atoms with van der Waals surface area (Å²) in [6.07, 6.45) is -4.89. The van der Waals surface area contributed by atoms with Gasteiger partial charge in [0.2, 0.25) is 0 Å². The lowest BCUT2D eigenvalue weighted by Gasteiger charge is -2.21. The highest BCUT2D eigenvalue weighted by Gasteiger charge is 2.45. The number of carboxylic acid groups (broad SMARTS) is 1. The lowest BCUT2D eigenvalue weighted by atomic mass is 10.1. The van der Waals surface area contributed by atoms with E-state index in [0.29, 0.717) is 4.90 Å². The molecule has 0 saturated heterocycles. The van der Waals surface area contributed by atoms with E-state index in [2.05, 4.69) is 5.73 Å². The summed E-state index contributed by atoms with van der Waals surface area (Å²) in [6.45, 7) is -0.992. The van der Waals surface area contributed by atoms with Crippen LogP contribution in [0.2, 0.25) is 0 Å². The van der Waals surface area contributed by atoms with Gasteiger partial charge < -0.3 is 15.7 Å². The Labute approximate surface area is 77.3 Å². The molecule has 0 radical (unpaired) electrons. The van der Waals surface area contributed by atoms with E-state index in [1.807, 2.05) is 0 Å². The second kappa shape index (κ2) is 4.16. The molecule has 3 N–H and O–H groups in total. The van der Waals surface area contributed by atoms with E-state index in [1.165, 1.54) is 0 Å². The Balaban J connectivity index is 4.55. The van der Waals surface area contributed by atoms with Gasteiger partial charge in [-0.25, -0.2) is 4.79 Å². The fourth-order valence-corrected chi connectivity index (χ4v) is 0.685. The lowest BCUT2D eigenvalue weighted by molar-refractivity contribution is -0.194. The lowest BCUT2D eigenvalue weighted by Crippen LogP contribution is -2.43. The van der Waals surface area contributed by atoms with Crippen LogP contribution in [-0.4, -0.2) is 41.8 Å². The summed E-state index contributed by atoms with van der Waals surface area (Å²) in [6, 6.07) is -1.11. The van der Waals surface area contributed by atoms with Gasteiger partial charge in [-0.3, -0.25) is 4.79 Å². The number of amides is 2. The summed E-state index contributed by atoms with van der Waals surface area (Å²) < 4.78 is 36.1. The first kappa shape index (κ1) is 12.5. The van der Waals surface area contributed by atoms with Crippen LogP contribution in [0.25, 0.3) is 0 Å². The summed E-state index contributed by atoms with van der Waals surface area (Å²) in [7, 11) is 0.990. The van der Waals surface area contributed by atoms with Gasteiger partial charge in [0.05, 0.1) is 0 Å². The molecule has 0 aromatic rings. The summed E-state index contributed by atoms with van der Waals surface area (Å²) in [4.78, 5) is 21.1. The van der Waals surface area contributed by atoms with E-state index in [9.17, 15) is 22.8 Å². The van der Waals surface area contributed by atoms with Gasteiger partial charge in [0, 0.05) is 13.6 Å². The highest BCUT2D eigenvalue weighted by molar-refractivity contribution is 5.74. The van der Waals surface area contributed by atoms with E-state index >= 15 is 0 Å². The molecule has 0 aliphatic carbocycles. The molecule has 2 amide bonds. The minimum atomic E-state index is -4.89. The number of hydrogen-bond donors (Lipinski definition) is 2. The summed E-state index contributed by atoms with van der Waals surface area (Å²) >= 11 is 0. The number of nitrogens with zero attached hydrogens (tertiary/aromatic N) is 1. The number of urea groups is 1. The minimum Gasteiger partial charge on any atom is -0.481 e. The highest BCUT2D eigenvalue weighted by atomic mass is 19.4. The molecule has 8 heteroatoms. The third kappa shape index (κ3) is 3.50. The third-order valence-corrected chi connectivity index (χ3v) is 1.53. The topological polar surface area (TPSA) is 83.6 Å². The monoisotopic (exact) mass is 214 g/mol. The molecule has 0 spiro atoms. The van der Waals surface area contributed by atoms with Crippen LogP contribution in [0, 0.1) is 5.92 Å². The molecule has 0 aromatic carbocycles. The number of nitrogens with two attached hydrogens (primary N) is 1. The molecule has 0 aliphatic heterocycles. The zero-order chi connectivity index (χ0) is 11.5. The molecule has 0 rings (SSSR count). The number of carboxylic acids is 1. The van der Waals surface area contributed by atoms with Crippen molar-refractivity contribution >= 4 is 12.0 Å². The van der Waals surface area contributed by atoms with E-state index in [4.69, 9.17) is 5.11 Å². The maximum Gasteiger partial charge on any atom is 0.403 e. The van der Waals surface area contributed by atoms with Crippen molar-refractivity contribution in [3.63, 3.8) is 0 Å². The summed E-state index contributed by atoms with van der Waals surface area (Å²) in [5, 5.41) is 8.24. The Kier molecular flexibility index (Phi) is 3.72. The smallest absolute Gasteiger partial charge is 0.403 e. The van der Waals surface area contributed by atoms with E-state index in [-0.39, 0.29) is 0 Å². The van der Waals surface area contributed by atoms with Crippen molar-refractivity contribution in [3.8, 4) is 0 Å². The minimum absolute atomic E-state index is 0.492. The Bertz CT molecular complexity index is 241. The fraction of sp³-hybridized carbons (Fsp3) is 0.667. The Hall–Kier alpha value is -1.47. The zero-order valence-electron chi connectivity index (χ0n) is 7.21. The number of rotatable bonds is 3. The van der Waals surface area contributed by atoms with Crippen LogP contribution in [0.1, 0.15) is 0 Å². The average molecular weight is 214 g/mol. The third-order valence-electron chi connectivity index (χ3n) is 1.53. The molecule has 0 saturated carbocycles. The molecular weight excluding hydrogens is 205 g/mol. The first-order valence-electron chi connectivity index (χ1n) is 3.46. The van der Waals surface area contributed by atoms with Crippen molar-refractivity contribution in [2.45, 2.75) is 6.18 Å². The SMILES string of the molecule is CN(CC(C(=O)O)C(F)(F)F)C(N)=O. The van der Waals surface area contributed by atoms with Gasteiger partial charge in [0.25, 0.3) is 0 Å².